The van der Waals surface area contributed by atoms with Crippen molar-refractivity contribution in [2.45, 2.75) is 56.0 Å². The first kappa shape index (κ1) is 24.7. The van der Waals surface area contributed by atoms with E-state index in [0.717, 1.165) is 29.1 Å². The average molecular weight is 489 g/mol. The minimum atomic E-state index is -3.54. The van der Waals surface area contributed by atoms with Gasteiger partial charge in [0.25, 0.3) is 10.0 Å². The van der Waals surface area contributed by atoms with Crippen molar-refractivity contribution in [2.24, 2.45) is 0 Å². The minimum absolute atomic E-state index is 0.170. The zero-order chi connectivity index (χ0) is 23.4. The van der Waals surface area contributed by atoms with E-state index in [4.69, 9.17) is 9.47 Å². The lowest BCUT2D eigenvalue weighted by molar-refractivity contribution is 0.0479. The normalized spacial score (nSPS) is 20.6. The molecular formula is C20H32N4O6S2. The summed E-state index contributed by atoms with van der Waals surface area (Å²) in [5, 5.41) is 5.67. The lowest BCUT2D eigenvalue weighted by Crippen LogP contribution is -2.52. The molecule has 1 atom stereocenters. The number of likely N-dealkylation sites (tertiary alicyclic amines) is 1. The molecule has 0 spiro atoms. The van der Waals surface area contributed by atoms with Gasteiger partial charge in [0, 0.05) is 37.1 Å². The summed E-state index contributed by atoms with van der Waals surface area (Å²) in [6, 6.07) is 2.89. The van der Waals surface area contributed by atoms with E-state index in [-0.39, 0.29) is 22.8 Å². The Hall–Kier alpha value is -1.89. The molecule has 3 heterocycles. The highest BCUT2D eigenvalue weighted by atomic mass is 32.2. The molecule has 1 unspecified atom stereocenters. The molecule has 1 aromatic rings. The van der Waals surface area contributed by atoms with Crippen molar-refractivity contribution < 1.29 is 27.5 Å². The molecule has 0 aliphatic carbocycles. The molecule has 1 aromatic heterocycles. The highest BCUT2D eigenvalue weighted by Gasteiger charge is 2.29. The molecule has 2 N–H and O–H groups in total. The summed E-state index contributed by atoms with van der Waals surface area (Å²) in [5.74, 6) is 0. The van der Waals surface area contributed by atoms with Crippen LogP contribution in [0.25, 0.3) is 0 Å². The Morgan fingerprint density at radius 3 is 2.62 bits per heavy atom. The molecule has 0 radical (unpaired) electrons. The number of rotatable bonds is 5. The van der Waals surface area contributed by atoms with Gasteiger partial charge in [-0.15, -0.1) is 11.3 Å². The van der Waals surface area contributed by atoms with Crippen molar-refractivity contribution in [2.75, 3.05) is 39.4 Å². The molecule has 2 aliphatic rings. The highest BCUT2D eigenvalue weighted by molar-refractivity contribution is 7.91. The Bertz CT molecular complexity index is 905. The van der Waals surface area contributed by atoms with Crippen LogP contribution in [0.2, 0.25) is 0 Å². The Labute approximate surface area is 193 Å². The van der Waals surface area contributed by atoms with Gasteiger partial charge in [-0.25, -0.2) is 18.0 Å². The predicted molar refractivity (Wildman–Crippen MR) is 120 cm³/mol. The smallest absolute Gasteiger partial charge is 0.407 e. The van der Waals surface area contributed by atoms with E-state index in [0.29, 0.717) is 39.4 Å². The average Bonchev–Trinajstić information content (AvgIpc) is 3.21. The first-order chi connectivity index (χ1) is 15.0. The number of carbonyl (C=O) groups excluding carboxylic acids is 2. The second-order valence-corrected chi connectivity index (χ2v) is 12.2. The number of alkyl carbamates (subject to hydrolysis) is 1. The Morgan fingerprint density at radius 1 is 1.22 bits per heavy atom. The van der Waals surface area contributed by atoms with Crippen LogP contribution in [0.5, 0.6) is 0 Å². The summed E-state index contributed by atoms with van der Waals surface area (Å²) in [7, 11) is -3.54. The number of hydrogen-bond acceptors (Lipinski definition) is 7. The fraction of sp³-hybridized carbons (Fsp3) is 0.700. The van der Waals surface area contributed by atoms with Gasteiger partial charge in [-0.1, -0.05) is 0 Å². The Kier molecular flexibility index (Phi) is 8.01. The summed E-state index contributed by atoms with van der Waals surface area (Å²) in [6.45, 7) is 8.12. The Morgan fingerprint density at radius 2 is 1.94 bits per heavy atom. The maximum absolute atomic E-state index is 12.7. The van der Waals surface area contributed by atoms with Gasteiger partial charge in [0.05, 0.1) is 19.8 Å². The zero-order valence-electron chi connectivity index (χ0n) is 18.8. The van der Waals surface area contributed by atoms with E-state index in [9.17, 15) is 18.0 Å². The molecule has 10 nitrogen and oxygen atoms in total. The number of carbonyl (C=O) groups is 2. The van der Waals surface area contributed by atoms with Crippen LogP contribution in [0, 0.1) is 0 Å². The minimum Gasteiger partial charge on any atom is -0.444 e. The monoisotopic (exact) mass is 488 g/mol. The van der Waals surface area contributed by atoms with Gasteiger partial charge in [-0.05, 0) is 45.7 Å². The number of sulfonamides is 1. The summed E-state index contributed by atoms with van der Waals surface area (Å²) in [6.07, 6.45) is 1.06. The third-order valence-corrected chi connectivity index (χ3v) is 8.50. The fourth-order valence-corrected chi connectivity index (χ4v) is 6.39. The van der Waals surface area contributed by atoms with Crippen molar-refractivity contribution in [3.8, 4) is 0 Å². The van der Waals surface area contributed by atoms with Crippen LogP contribution in [-0.2, 0) is 26.0 Å². The van der Waals surface area contributed by atoms with Gasteiger partial charge in [0.1, 0.15) is 9.81 Å². The number of nitrogens with zero attached hydrogens (tertiary/aromatic N) is 2. The third-order valence-electron chi connectivity index (χ3n) is 5.04. The lowest BCUT2D eigenvalue weighted by Gasteiger charge is -2.33. The van der Waals surface area contributed by atoms with E-state index < -0.39 is 21.7 Å². The maximum Gasteiger partial charge on any atom is 0.407 e. The standard InChI is InChI=1S/C20H32N4O6S2/c1-20(2,3)30-19(26)22-15-5-4-8-23(14-15)18(25)21-13-16-6-7-17(31-16)32(27,28)24-9-11-29-12-10-24/h6-7,15H,4-5,8-14H2,1-3H3,(H,21,25)(H,22,26). The first-order valence-corrected chi connectivity index (χ1v) is 13.0. The molecule has 3 rings (SSSR count). The van der Waals surface area contributed by atoms with Crippen LogP contribution >= 0.6 is 11.3 Å². The van der Waals surface area contributed by atoms with Crippen LogP contribution in [0.15, 0.2) is 16.3 Å². The van der Waals surface area contributed by atoms with Gasteiger partial charge >= 0.3 is 12.1 Å². The molecule has 2 aliphatic heterocycles. The SMILES string of the molecule is CC(C)(C)OC(=O)NC1CCCN(C(=O)NCc2ccc(S(=O)(=O)N3CCOCC3)s2)C1. The second kappa shape index (κ2) is 10.4. The number of amides is 3. The molecule has 180 valence electrons. The van der Waals surface area contributed by atoms with Crippen LogP contribution in [0.1, 0.15) is 38.5 Å². The zero-order valence-corrected chi connectivity index (χ0v) is 20.4. The molecule has 2 saturated heterocycles. The summed E-state index contributed by atoms with van der Waals surface area (Å²) < 4.78 is 37.7. The number of urea groups is 1. The number of nitrogens with one attached hydrogen (secondary N) is 2. The van der Waals surface area contributed by atoms with Gasteiger partial charge in [0.2, 0.25) is 0 Å². The van der Waals surface area contributed by atoms with Crippen molar-refractivity contribution in [3.63, 3.8) is 0 Å². The summed E-state index contributed by atoms with van der Waals surface area (Å²) in [5.41, 5.74) is -0.579. The largest absolute Gasteiger partial charge is 0.444 e. The van der Waals surface area contributed by atoms with Crippen molar-refractivity contribution >= 4 is 33.5 Å². The number of piperidine rings is 1. The van der Waals surface area contributed by atoms with Gasteiger partial charge in [0.15, 0.2) is 0 Å². The molecule has 32 heavy (non-hydrogen) atoms. The molecular weight excluding hydrogens is 456 g/mol. The Balaban J connectivity index is 1.49. The van der Waals surface area contributed by atoms with Gasteiger partial charge in [-0.2, -0.15) is 4.31 Å². The van der Waals surface area contributed by atoms with E-state index in [1.54, 1.807) is 37.8 Å². The van der Waals surface area contributed by atoms with E-state index >= 15 is 0 Å². The molecule has 0 bridgehead atoms. The molecule has 2 fully saturated rings. The number of ether oxygens (including phenoxy) is 2. The van der Waals surface area contributed by atoms with Gasteiger partial charge in [-0.3, -0.25) is 0 Å². The van der Waals surface area contributed by atoms with Crippen LogP contribution in [0.4, 0.5) is 9.59 Å². The number of hydrogen-bond donors (Lipinski definition) is 2. The summed E-state index contributed by atoms with van der Waals surface area (Å²) in [4.78, 5) is 27.0. The third kappa shape index (κ3) is 6.80. The molecule has 12 heteroatoms. The second-order valence-electron chi connectivity index (χ2n) is 8.83. The molecule has 0 saturated carbocycles. The van der Waals surface area contributed by atoms with E-state index in [1.807, 2.05) is 0 Å². The van der Waals surface area contributed by atoms with Crippen molar-refractivity contribution in [3.05, 3.63) is 17.0 Å². The summed E-state index contributed by atoms with van der Waals surface area (Å²) >= 11 is 1.16. The maximum atomic E-state index is 12.7. The molecule has 0 aromatic carbocycles. The number of thiophene rings is 1. The first-order valence-electron chi connectivity index (χ1n) is 10.7. The van der Waals surface area contributed by atoms with Gasteiger partial charge < -0.3 is 25.0 Å². The van der Waals surface area contributed by atoms with Crippen LogP contribution in [-0.4, -0.2) is 80.8 Å². The van der Waals surface area contributed by atoms with E-state index in [2.05, 4.69) is 10.6 Å². The van der Waals surface area contributed by atoms with Crippen LogP contribution in [0.3, 0.4) is 0 Å². The topological polar surface area (TPSA) is 117 Å². The van der Waals surface area contributed by atoms with Crippen LogP contribution < -0.4 is 10.6 Å². The predicted octanol–water partition coefficient (Wildman–Crippen LogP) is 1.97. The fourth-order valence-electron chi connectivity index (χ4n) is 3.53. The lowest BCUT2D eigenvalue weighted by atomic mass is 10.1. The van der Waals surface area contributed by atoms with Crippen molar-refractivity contribution in [1.82, 2.24) is 19.8 Å². The number of morpholine rings is 1. The quantitative estimate of drug-likeness (QED) is 0.654. The van der Waals surface area contributed by atoms with Crippen molar-refractivity contribution in [1.29, 1.82) is 0 Å². The highest BCUT2D eigenvalue weighted by Crippen LogP contribution is 2.25. The molecule has 3 amide bonds. The van der Waals surface area contributed by atoms with E-state index in [1.165, 1.54) is 4.31 Å².